The van der Waals surface area contributed by atoms with Gasteiger partial charge in [0.25, 0.3) is 0 Å². The molecule has 0 amide bonds. The lowest BCUT2D eigenvalue weighted by molar-refractivity contribution is 0.181. The molecule has 0 spiro atoms. The molecule has 1 aliphatic heterocycles. The fourth-order valence-electron chi connectivity index (χ4n) is 2.62. The lowest BCUT2D eigenvalue weighted by atomic mass is 9.86. The average Bonchev–Trinajstić information content (AvgIpc) is 2.17. The normalized spacial score (nSPS) is 21.8. The van der Waals surface area contributed by atoms with E-state index in [9.17, 15) is 4.39 Å². The SMILES string of the molecule is CC(C)C1c2ccc(F)cc2CCN1C. The van der Waals surface area contributed by atoms with Crippen molar-refractivity contribution in [2.24, 2.45) is 5.92 Å². The van der Waals surface area contributed by atoms with E-state index in [2.05, 4.69) is 25.8 Å². The summed E-state index contributed by atoms with van der Waals surface area (Å²) in [6.45, 7) is 5.47. The predicted octanol–water partition coefficient (Wildman–Crippen LogP) is 3.01. The Balaban J connectivity index is 2.43. The zero-order chi connectivity index (χ0) is 11.0. The molecule has 1 aliphatic rings. The molecule has 0 aromatic heterocycles. The van der Waals surface area contributed by atoms with Gasteiger partial charge in [-0.3, -0.25) is 4.90 Å². The molecule has 0 saturated carbocycles. The number of likely N-dealkylation sites (N-methyl/N-ethyl adjacent to an activating group) is 1. The van der Waals surface area contributed by atoms with Crippen molar-refractivity contribution in [3.8, 4) is 0 Å². The Labute approximate surface area is 90.9 Å². The first kappa shape index (κ1) is 10.6. The smallest absolute Gasteiger partial charge is 0.123 e. The van der Waals surface area contributed by atoms with Gasteiger partial charge in [0.2, 0.25) is 0 Å². The van der Waals surface area contributed by atoms with Crippen LogP contribution in [0.25, 0.3) is 0 Å². The molecule has 15 heavy (non-hydrogen) atoms. The van der Waals surface area contributed by atoms with Crippen molar-refractivity contribution in [3.05, 3.63) is 35.1 Å². The van der Waals surface area contributed by atoms with Crippen LogP contribution in [0.2, 0.25) is 0 Å². The number of benzene rings is 1. The minimum atomic E-state index is -0.110. The van der Waals surface area contributed by atoms with Crippen molar-refractivity contribution in [2.45, 2.75) is 26.3 Å². The van der Waals surface area contributed by atoms with Gasteiger partial charge < -0.3 is 0 Å². The Morgan fingerprint density at radius 2 is 2.13 bits per heavy atom. The maximum Gasteiger partial charge on any atom is 0.123 e. The molecule has 1 nitrogen and oxygen atoms in total. The lowest BCUT2D eigenvalue weighted by Gasteiger charge is -2.37. The first-order chi connectivity index (χ1) is 7.09. The van der Waals surface area contributed by atoms with E-state index in [-0.39, 0.29) is 5.82 Å². The van der Waals surface area contributed by atoms with Crippen molar-refractivity contribution < 1.29 is 4.39 Å². The lowest BCUT2D eigenvalue weighted by Crippen LogP contribution is -2.35. The maximum atomic E-state index is 13.1. The summed E-state index contributed by atoms with van der Waals surface area (Å²) < 4.78 is 13.1. The Kier molecular flexibility index (Phi) is 2.79. The van der Waals surface area contributed by atoms with Crippen LogP contribution in [0.3, 0.4) is 0 Å². The van der Waals surface area contributed by atoms with Crippen molar-refractivity contribution in [1.29, 1.82) is 0 Å². The molecular formula is C13H18FN. The number of halogens is 1. The van der Waals surface area contributed by atoms with Crippen molar-refractivity contribution in [2.75, 3.05) is 13.6 Å². The molecular weight excluding hydrogens is 189 g/mol. The number of hydrogen-bond acceptors (Lipinski definition) is 1. The topological polar surface area (TPSA) is 3.24 Å². The molecule has 0 saturated heterocycles. The Morgan fingerprint density at radius 3 is 2.80 bits per heavy atom. The first-order valence-electron chi connectivity index (χ1n) is 5.58. The van der Waals surface area contributed by atoms with Crippen LogP contribution in [-0.4, -0.2) is 18.5 Å². The van der Waals surface area contributed by atoms with Gasteiger partial charge in [-0.15, -0.1) is 0 Å². The second-order valence-electron chi connectivity index (χ2n) is 4.76. The second-order valence-corrected chi connectivity index (χ2v) is 4.76. The molecule has 0 aliphatic carbocycles. The summed E-state index contributed by atoms with van der Waals surface area (Å²) in [6.07, 6.45) is 0.965. The minimum absolute atomic E-state index is 0.110. The number of rotatable bonds is 1. The first-order valence-corrected chi connectivity index (χ1v) is 5.58. The molecule has 1 aromatic rings. The molecule has 1 unspecified atom stereocenters. The van der Waals surface area contributed by atoms with Crippen LogP contribution < -0.4 is 0 Å². The van der Waals surface area contributed by atoms with Crippen LogP contribution in [0.1, 0.15) is 31.0 Å². The van der Waals surface area contributed by atoms with Crippen LogP contribution in [-0.2, 0) is 6.42 Å². The van der Waals surface area contributed by atoms with Crippen molar-refractivity contribution in [1.82, 2.24) is 4.90 Å². The molecule has 1 atom stereocenters. The molecule has 1 aromatic carbocycles. The van der Waals surface area contributed by atoms with Gasteiger partial charge in [0, 0.05) is 12.6 Å². The second kappa shape index (κ2) is 3.93. The van der Waals surface area contributed by atoms with Crippen LogP contribution in [0, 0.1) is 11.7 Å². The third kappa shape index (κ3) is 1.91. The molecule has 0 radical (unpaired) electrons. The molecule has 82 valence electrons. The molecule has 2 rings (SSSR count). The van der Waals surface area contributed by atoms with Crippen LogP contribution in [0.15, 0.2) is 18.2 Å². The Hall–Kier alpha value is -0.890. The molecule has 1 heterocycles. The van der Waals surface area contributed by atoms with E-state index < -0.39 is 0 Å². The summed E-state index contributed by atoms with van der Waals surface area (Å²) in [5.41, 5.74) is 2.49. The third-order valence-corrected chi connectivity index (χ3v) is 3.26. The maximum absolute atomic E-state index is 13.1. The van der Waals surface area contributed by atoms with E-state index in [1.54, 1.807) is 12.1 Å². The fraction of sp³-hybridized carbons (Fsp3) is 0.538. The van der Waals surface area contributed by atoms with Crippen LogP contribution in [0.5, 0.6) is 0 Å². The van der Waals surface area contributed by atoms with Gasteiger partial charge in [-0.2, -0.15) is 0 Å². The van der Waals surface area contributed by atoms with Gasteiger partial charge in [0.1, 0.15) is 5.82 Å². The van der Waals surface area contributed by atoms with Gasteiger partial charge >= 0.3 is 0 Å². The number of fused-ring (bicyclic) bond motifs is 1. The van der Waals surface area contributed by atoms with E-state index in [0.29, 0.717) is 12.0 Å². The van der Waals surface area contributed by atoms with Gasteiger partial charge in [-0.05, 0) is 42.6 Å². The van der Waals surface area contributed by atoms with Gasteiger partial charge in [-0.25, -0.2) is 4.39 Å². The average molecular weight is 207 g/mol. The monoisotopic (exact) mass is 207 g/mol. The highest BCUT2D eigenvalue weighted by Crippen LogP contribution is 2.34. The van der Waals surface area contributed by atoms with Gasteiger partial charge in [-0.1, -0.05) is 19.9 Å². The van der Waals surface area contributed by atoms with E-state index >= 15 is 0 Å². The standard InChI is InChI=1S/C13H18FN/c1-9(2)13-12-5-4-11(14)8-10(12)6-7-15(13)3/h4-5,8-9,13H,6-7H2,1-3H3. The number of hydrogen-bond donors (Lipinski definition) is 0. The highest BCUT2D eigenvalue weighted by atomic mass is 19.1. The molecule has 0 N–H and O–H groups in total. The summed E-state index contributed by atoms with van der Waals surface area (Å²) >= 11 is 0. The van der Waals surface area contributed by atoms with Crippen molar-refractivity contribution in [3.63, 3.8) is 0 Å². The summed E-state index contributed by atoms with van der Waals surface area (Å²) in [5, 5.41) is 0. The summed E-state index contributed by atoms with van der Waals surface area (Å²) in [4.78, 5) is 2.37. The Morgan fingerprint density at radius 1 is 1.40 bits per heavy atom. The predicted molar refractivity (Wildman–Crippen MR) is 60.3 cm³/mol. The minimum Gasteiger partial charge on any atom is -0.299 e. The van der Waals surface area contributed by atoms with E-state index in [1.165, 1.54) is 11.1 Å². The fourth-order valence-corrected chi connectivity index (χ4v) is 2.62. The van der Waals surface area contributed by atoms with Crippen LogP contribution >= 0.6 is 0 Å². The zero-order valence-electron chi connectivity index (χ0n) is 9.63. The molecule has 2 heteroatoms. The van der Waals surface area contributed by atoms with Gasteiger partial charge in [0.15, 0.2) is 0 Å². The van der Waals surface area contributed by atoms with E-state index in [1.807, 2.05) is 6.07 Å². The summed E-state index contributed by atoms with van der Waals surface area (Å²) in [5.74, 6) is 0.459. The molecule has 0 fully saturated rings. The van der Waals surface area contributed by atoms with E-state index in [0.717, 1.165) is 13.0 Å². The highest BCUT2D eigenvalue weighted by Gasteiger charge is 2.27. The zero-order valence-corrected chi connectivity index (χ0v) is 9.63. The van der Waals surface area contributed by atoms with Gasteiger partial charge in [0.05, 0.1) is 0 Å². The molecule has 0 bridgehead atoms. The van der Waals surface area contributed by atoms with Crippen molar-refractivity contribution >= 4 is 0 Å². The quantitative estimate of drug-likeness (QED) is 0.684. The summed E-state index contributed by atoms with van der Waals surface area (Å²) in [6, 6.07) is 5.66. The third-order valence-electron chi connectivity index (χ3n) is 3.26. The Bertz CT molecular complexity index is 360. The van der Waals surface area contributed by atoms with E-state index in [4.69, 9.17) is 0 Å². The number of nitrogens with zero attached hydrogens (tertiary/aromatic N) is 1. The highest BCUT2D eigenvalue weighted by molar-refractivity contribution is 5.33. The largest absolute Gasteiger partial charge is 0.299 e. The summed E-state index contributed by atoms with van der Waals surface area (Å²) in [7, 11) is 2.15. The van der Waals surface area contributed by atoms with Crippen LogP contribution in [0.4, 0.5) is 4.39 Å².